The Morgan fingerprint density at radius 1 is 1.18 bits per heavy atom. The molecule has 5 rings (SSSR count). The number of hydrogen-bond acceptors (Lipinski definition) is 5. The van der Waals surface area contributed by atoms with Crippen LogP contribution in [0.25, 0.3) is 0 Å². The minimum atomic E-state index is -0.334. The van der Waals surface area contributed by atoms with Gasteiger partial charge in [-0.2, -0.15) is 0 Å². The summed E-state index contributed by atoms with van der Waals surface area (Å²) >= 11 is 0. The second-order valence-electron chi connectivity index (χ2n) is 10.2. The summed E-state index contributed by atoms with van der Waals surface area (Å²) in [7, 11) is 2.19. The summed E-state index contributed by atoms with van der Waals surface area (Å²) in [5.41, 5.74) is 3.89. The quantitative estimate of drug-likeness (QED) is 0.692. The van der Waals surface area contributed by atoms with Crippen molar-refractivity contribution in [2.24, 2.45) is 5.92 Å². The van der Waals surface area contributed by atoms with Crippen LogP contribution in [0.2, 0.25) is 0 Å². The molecule has 6 nitrogen and oxygen atoms in total. The Morgan fingerprint density at radius 3 is 2.76 bits per heavy atom. The number of anilines is 1. The molecule has 1 aromatic carbocycles. The van der Waals surface area contributed by atoms with Crippen molar-refractivity contribution in [1.82, 2.24) is 15.2 Å². The number of carbonyl (C=O) groups is 1. The highest BCUT2D eigenvalue weighted by molar-refractivity contribution is 5.72. The SMILES string of the molecule is CN1c2ccc(OC(=O)NCC3CCCCC3)cc2[C@]2(C)CCN(CCc3ccncc3)C12. The van der Waals surface area contributed by atoms with Crippen LogP contribution in [0.3, 0.4) is 0 Å². The van der Waals surface area contributed by atoms with E-state index in [-0.39, 0.29) is 11.5 Å². The average molecular weight is 449 g/mol. The topological polar surface area (TPSA) is 57.7 Å². The molecule has 3 aliphatic rings. The molecule has 1 amide bonds. The molecule has 1 N–H and O–H groups in total. The van der Waals surface area contributed by atoms with Gasteiger partial charge >= 0.3 is 6.09 Å². The molecule has 3 heterocycles. The van der Waals surface area contributed by atoms with Gasteiger partial charge in [-0.25, -0.2) is 4.79 Å². The van der Waals surface area contributed by atoms with Crippen LogP contribution < -0.4 is 15.0 Å². The van der Waals surface area contributed by atoms with Gasteiger partial charge in [-0.15, -0.1) is 0 Å². The first-order valence-corrected chi connectivity index (χ1v) is 12.5. The van der Waals surface area contributed by atoms with Crippen molar-refractivity contribution < 1.29 is 9.53 Å². The number of amides is 1. The first kappa shape index (κ1) is 22.2. The average Bonchev–Trinajstić information content (AvgIpc) is 3.29. The molecule has 0 radical (unpaired) electrons. The molecule has 176 valence electrons. The Hall–Kier alpha value is -2.60. The molecule has 0 bridgehead atoms. The fourth-order valence-electron chi connectivity index (χ4n) is 6.27. The fraction of sp³-hybridized carbons (Fsp3) is 0.556. The van der Waals surface area contributed by atoms with Crippen LogP contribution in [-0.4, -0.2) is 48.8 Å². The summed E-state index contributed by atoms with van der Waals surface area (Å²) in [6.07, 6.45) is 12.2. The maximum Gasteiger partial charge on any atom is 0.412 e. The minimum absolute atomic E-state index is 0.0280. The molecule has 1 unspecified atom stereocenters. The number of benzene rings is 1. The Labute approximate surface area is 197 Å². The number of likely N-dealkylation sites (N-methyl/N-ethyl adjacent to an activating group) is 1. The summed E-state index contributed by atoms with van der Waals surface area (Å²) in [5.74, 6) is 1.23. The second kappa shape index (κ2) is 9.34. The lowest BCUT2D eigenvalue weighted by Gasteiger charge is -2.34. The van der Waals surface area contributed by atoms with E-state index in [1.54, 1.807) is 0 Å². The van der Waals surface area contributed by atoms with Crippen molar-refractivity contribution in [1.29, 1.82) is 0 Å². The number of hydrogen-bond donors (Lipinski definition) is 1. The molecule has 1 aromatic heterocycles. The molecule has 33 heavy (non-hydrogen) atoms. The molecule has 6 heteroatoms. The van der Waals surface area contributed by atoms with Crippen molar-refractivity contribution >= 4 is 11.8 Å². The number of rotatable bonds is 6. The van der Waals surface area contributed by atoms with Gasteiger partial charge in [0.15, 0.2) is 0 Å². The monoisotopic (exact) mass is 448 g/mol. The van der Waals surface area contributed by atoms with Gasteiger partial charge < -0.3 is 15.0 Å². The lowest BCUT2D eigenvalue weighted by atomic mass is 9.81. The summed E-state index contributed by atoms with van der Waals surface area (Å²) in [5, 5.41) is 2.99. The number of likely N-dealkylation sites (tertiary alicyclic amines) is 1. The van der Waals surface area contributed by atoms with Crippen LogP contribution in [0.15, 0.2) is 42.7 Å². The molecule has 1 aliphatic carbocycles. The normalized spacial score (nSPS) is 25.0. The Bertz CT molecular complexity index is 975. The highest BCUT2D eigenvalue weighted by Gasteiger charge is 2.53. The predicted molar refractivity (Wildman–Crippen MR) is 131 cm³/mol. The molecule has 2 aromatic rings. The third-order valence-electron chi connectivity index (χ3n) is 8.07. The molecule has 1 saturated carbocycles. The van der Waals surface area contributed by atoms with Crippen LogP contribution in [0, 0.1) is 5.92 Å². The largest absolute Gasteiger partial charge is 0.412 e. The van der Waals surface area contributed by atoms with Crippen molar-refractivity contribution in [2.45, 2.75) is 63.5 Å². The van der Waals surface area contributed by atoms with Crippen LogP contribution in [0.4, 0.5) is 10.5 Å². The van der Waals surface area contributed by atoms with E-state index in [9.17, 15) is 4.79 Å². The minimum Gasteiger partial charge on any atom is -0.410 e. The summed E-state index contributed by atoms with van der Waals surface area (Å²) in [6, 6.07) is 10.3. The summed E-state index contributed by atoms with van der Waals surface area (Å²) < 4.78 is 5.70. The molecule has 2 atom stereocenters. The van der Waals surface area contributed by atoms with E-state index in [4.69, 9.17) is 4.74 Å². The van der Waals surface area contributed by atoms with Crippen LogP contribution in [0.1, 0.15) is 56.6 Å². The Morgan fingerprint density at radius 2 is 1.97 bits per heavy atom. The lowest BCUT2D eigenvalue weighted by Crippen LogP contribution is -2.47. The summed E-state index contributed by atoms with van der Waals surface area (Å²) in [6.45, 7) is 5.18. The van der Waals surface area contributed by atoms with E-state index in [2.05, 4.69) is 58.3 Å². The lowest BCUT2D eigenvalue weighted by molar-refractivity contribution is 0.196. The Balaban J connectivity index is 1.24. The molecule has 2 fully saturated rings. The number of aromatic nitrogens is 1. The third kappa shape index (κ3) is 4.45. The first-order chi connectivity index (χ1) is 16.0. The Kier molecular flexibility index (Phi) is 6.28. The van der Waals surface area contributed by atoms with E-state index in [1.807, 2.05) is 18.5 Å². The number of ether oxygens (including phenoxy) is 1. The highest BCUT2D eigenvalue weighted by atomic mass is 16.6. The van der Waals surface area contributed by atoms with Crippen molar-refractivity contribution in [2.75, 3.05) is 31.6 Å². The van der Waals surface area contributed by atoms with Gasteiger partial charge in [0.25, 0.3) is 0 Å². The summed E-state index contributed by atoms with van der Waals surface area (Å²) in [4.78, 5) is 21.6. The van der Waals surface area contributed by atoms with Crippen molar-refractivity contribution in [3.05, 3.63) is 53.9 Å². The predicted octanol–water partition coefficient (Wildman–Crippen LogP) is 4.73. The zero-order valence-electron chi connectivity index (χ0n) is 19.9. The van der Waals surface area contributed by atoms with E-state index in [1.165, 1.54) is 48.9 Å². The maximum atomic E-state index is 12.4. The highest BCUT2D eigenvalue weighted by Crippen LogP contribution is 2.52. The fourth-order valence-corrected chi connectivity index (χ4v) is 6.27. The zero-order valence-corrected chi connectivity index (χ0v) is 19.9. The van der Waals surface area contributed by atoms with Gasteiger partial charge in [-0.1, -0.05) is 26.2 Å². The van der Waals surface area contributed by atoms with Gasteiger partial charge in [-0.3, -0.25) is 9.88 Å². The van der Waals surface area contributed by atoms with Gasteiger partial charge in [0.2, 0.25) is 0 Å². The van der Waals surface area contributed by atoms with Crippen molar-refractivity contribution in [3.8, 4) is 5.75 Å². The zero-order chi connectivity index (χ0) is 22.8. The van der Waals surface area contributed by atoms with E-state index < -0.39 is 0 Å². The number of nitrogens with zero attached hydrogens (tertiary/aromatic N) is 3. The van der Waals surface area contributed by atoms with Crippen LogP contribution >= 0.6 is 0 Å². The second-order valence-corrected chi connectivity index (χ2v) is 10.2. The third-order valence-corrected chi connectivity index (χ3v) is 8.07. The van der Waals surface area contributed by atoms with E-state index in [0.29, 0.717) is 17.8 Å². The standard InChI is InChI=1S/C27H36N4O2/c1-27-13-17-31(16-12-20-10-14-28-15-11-20)25(27)30(2)24-9-8-22(18-23(24)27)33-26(32)29-19-21-6-4-3-5-7-21/h8-11,14-15,18,21,25H,3-7,12-13,16-17,19H2,1-2H3,(H,29,32)/t25?,27-/m0/s1. The van der Waals surface area contributed by atoms with E-state index in [0.717, 1.165) is 32.5 Å². The van der Waals surface area contributed by atoms with Gasteiger partial charge in [0.05, 0.1) is 6.17 Å². The van der Waals surface area contributed by atoms with Crippen LogP contribution in [-0.2, 0) is 11.8 Å². The number of nitrogens with one attached hydrogen (secondary N) is 1. The van der Waals surface area contributed by atoms with Gasteiger partial charge in [0.1, 0.15) is 5.75 Å². The smallest absolute Gasteiger partial charge is 0.410 e. The molecule has 1 saturated heterocycles. The maximum absolute atomic E-state index is 12.4. The number of pyridine rings is 1. The molecule has 0 spiro atoms. The van der Waals surface area contributed by atoms with E-state index >= 15 is 0 Å². The molecular weight excluding hydrogens is 412 g/mol. The molecule has 2 aliphatic heterocycles. The first-order valence-electron chi connectivity index (χ1n) is 12.5. The molecular formula is C27H36N4O2. The number of fused-ring (bicyclic) bond motifs is 3. The van der Waals surface area contributed by atoms with Gasteiger partial charge in [-0.05, 0) is 73.1 Å². The number of carbonyl (C=O) groups excluding carboxylic acids is 1. The van der Waals surface area contributed by atoms with Gasteiger partial charge in [0, 0.05) is 50.2 Å². The van der Waals surface area contributed by atoms with Crippen molar-refractivity contribution in [3.63, 3.8) is 0 Å². The van der Waals surface area contributed by atoms with Crippen LogP contribution in [0.5, 0.6) is 5.75 Å².